The first-order valence-corrected chi connectivity index (χ1v) is 10.3. The van der Waals surface area contributed by atoms with Crippen LogP contribution < -0.4 is 0 Å². The molecule has 0 radical (unpaired) electrons. The smallest absolute Gasteiger partial charge is 0.388 e. The second kappa shape index (κ2) is 9.25. The highest BCUT2D eigenvalue weighted by atomic mass is 19.4. The number of allylic oxidation sites excluding steroid dienone is 4. The zero-order chi connectivity index (χ0) is 23.7. The van der Waals surface area contributed by atoms with E-state index in [0.29, 0.717) is 47.4 Å². The maximum Gasteiger partial charge on any atom is 0.419 e. The second-order valence-electron chi connectivity index (χ2n) is 9.23. The summed E-state index contributed by atoms with van der Waals surface area (Å²) in [6.45, 7) is 12.8. The first-order valence-electron chi connectivity index (χ1n) is 10.3. The maximum absolute atomic E-state index is 13.6. The summed E-state index contributed by atoms with van der Waals surface area (Å²) in [5, 5.41) is 21.6. The van der Waals surface area contributed by atoms with Gasteiger partial charge in [0, 0.05) is 22.5 Å². The highest BCUT2D eigenvalue weighted by molar-refractivity contribution is 5.45. The summed E-state index contributed by atoms with van der Waals surface area (Å²) in [5.74, 6) is -1.51. The molecule has 0 saturated heterocycles. The molecule has 1 aromatic heterocycles. The Morgan fingerprint density at radius 1 is 1.32 bits per heavy atom. The summed E-state index contributed by atoms with van der Waals surface area (Å²) in [6, 6.07) is 0. The predicted molar refractivity (Wildman–Crippen MR) is 113 cm³/mol. The van der Waals surface area contributed by atoms with E-state index in [4.69, 9.17) is 4.98 Å². The summed E-state index contributed by atoms with van der Waals surface area (Å²) in [7, 11) is 0. The van der Waals surface area contributed by atoms with Crippen molar-refractivity contribution in [2.24, 2.45) is 5.41 Å². The van der Waals surface area contributed by atoms with Crippen LogP contribution in [0.25, 0.3) is 0 Å². The molecule has 0 aliphatic heterocycles. The number of fused-ring (bicyclic) bond motifs is 1. The summed E-state index contributed by atoms with van der Waals surface area (Å²) in [5.41, 5.74) is 1.81. The fraction of sp³-hybridized carbons (Fsp3) is 0.542. The molecule has 0 spiro atoms. The molecular formula is C24H31F4NO2. The minimum Gasteiger partial charge on any atom is -0.388 e. The van der Waals surface area contributed by atoms with Gasteiger partial charge in [-0.3, -0.25) is 4.98 Å². The Morgan fingerprint density at radius 3 is 2.45 bits per heavy atom. The van der Waals surface area contributed by atoms with Gasteiger partial charge in [-0.25, -0.2) is 4.39 Å². The summed E-state index contributed by atoms with van der Waals surface area (Å²) in [4.78, 5) is 4.76. The standard InChI is InChI=1S/C24H31F4NO2/c1-7-16(25)15(24(26,27)28)9-8-10-18(30)21-14(4)20-17(29-22(21)13(2)3)11-23(5,6)12-19(20)31/h7-9,13,18-19,30-31H,1,10-12H2,2-6H3/b9-8-,16-15-. The van der Waals surface area contributed by atoms with Crippen LogP contribution in [-0.2, 0) is 6.42 Å². The summed E-state index contributed by atoms with van der Waals surface area (Å²) in [6.07, 6.45) is -3.44. The van der Waals surface area contributed by atoms with Gasteiger partial charge < -0.3 is 10.2 Å². The van der Waals surface area contributed by atoms with Crippen LogP contribution in [0.5, 0.6) is 0 Å². The molecule has 0 saturated carbocycles. The average Bonchev–Trinajstić information content (AvgIpc) is 2.61. The Bertz CT molecular complexity index is 898. The maximum atomic E-state index is 13.6. The molecule has 2 unspecified atom stereocenters. The van der Waals surface area contributed by atoms with Crippen molar-refractivity contribution in [2.75, 3.05) is 0 Å². The zero-order valence-electron chi connectivity index (χ0n) is 18.6. The van der Waals surface area contributed by atoms with E-state index in [-0.39, 0.29) is 17.8 Å². The van der Waals surface area contributed by atoms with Crippen molar-refractivity contribution in [2.45, 2.75) is 78.2 Å². The van der Waals surface area contributed by atoms with Crippen LogP contribution in [0.3, 0.4) is 0 Å². The number of nitrogens with zero attached hydrogens (tertiary/aromatic N) is 1. The molecule has 2 atom stereocenters. The van der Waals surface area contributed by atoms with Crippen LogP contribution in [-0.4, -0.2) is 21.4 Å². The number of hydrogen-bond acceptors (Lipinski definition) is 3. The number of halogens is 4. The quantitative estimate of drug-likeness (QED) is 0.393. The van der Waals surface area contributed by atoms with Gasteiger partial charge in [0.1, 0.15) is 5.83 Å². The first kappa shape index (κ1) is 25.3. The molecule has 7 heteroatoms. The van der Waals surface area contributed by atoms with Gasteiger partial charge >= 0.3 is 6.18 Å². The van der Waals surface area contributed by atoms with Crippen molar-refractivity contribution in [1.29, 1.82) is 0 Å². The number of aliphatic hydroxyl groups excluding tert-OH is 2. The molecular weight excluding hydrogens is 410 g/mol. The second-order valence-corrected chi connectivity index (χ2v) is 9.23. The molecule has 1 heterocycles. The van der Waals surface area contributed by atoms with Crippen molar-refractivity contribution in [3.8, 4) is 0 Å². The van der Waals surface area contributed by atoms with Crippen LogP contribution in [0.1, 0.15) is 86.7 Å². The number of alkyl halides is 3. The SMILES string of the molecule is C=C/C(F)=C(\C=C/CC(O)c1c(C(C)C)nc2c(c1C)C(O)CC(C)(C)C2)C(F)(F)F. The highest BCUT2D eigenvalue weighted by Gasteiger charge is 2.36. The fourth-order valence-electron chi connectivity index (χ4n) is 4.26. The number of rotatable bonds is 6. The van der Waals surface area contributed by atoms with Crippen molar-refractivity contribution in [3.05, 3.63) is 64.3 Å². The van der Waals surface area contributed by atoms with E-state index in [9.17, 15) is 27.8 Å². The van der Waals surface area contributed by atoms with Crippen molar-refractivity contribution in [1.82, 2.24) is 4.98 Å². The molecule has 0 aromatic carbocycles. The van der Waals surface area contributed by atoms with Crippen molar-refractivity contribution in [3.63, 3.8) is 0 Å². The Kier molecular flexibility index (Phi) is 7.54. The van der Waals surface area contributed by atoms with E-state index in [1.807, 2.05) is 13.8 Å². The third-order valence-electron chi connectivity index (χ3n) is 5.64. The van der Waals surface area contributed by atoms with E-state index in [2.05, 4.69) is 20.4 Å². The molecule has 31 heavy (non-hydrogen) atoms. The molecule has 2 N–H and O–H groups in total. The number of hydrogen-bond donors (Lipinski definition) is 2. The summed E-state index contributed by atoms with van der Waals surface area (Å²) < 4.78 is 52.7. The Hall–Kier alpha value is -1.99. The zero-order valence-corrected chi connectivity index (χ0v) is 18.6. The van der Waals surface area contributed by atoms with E-state index in [0.717, 1.165) is 11.8 Å². The fourth-order valence-corrected chi connectivity index (χ4v) is 4.26. The molecule has 2 rings (SSSR count). The molecule has 0 bridgehead atoms. The minimum absolute atomic E-state index is 0.0383. The minimum atomic E-state index is -4.87. The normalized spacial score (nSPS) is 20.6. The van der Waals surface area contributed by atoms with Gasteiger partial charge in [0.2, 0.25) is 0 Å². The average molecular weight is 442 g/mol. The highest BCUT2D eigenvalue weighted by Crippen LogP contribution is 2.44. The number of aliphatic hydroxyl groups is 2. The van der Waals surface area contributed by atoms with Gasteiger partial charge in [0.25, 0.3) is 0 Å². The molecule has 1 aliphatic rings. The van der Waals surface area contributed by atoms with Crippen LogP contribution in [0.4, 0.5) is 17.6 Å². The number of pyridine rings is 1. The Balaban J connectivity index is 2.46. The van der Waals surface area contributed by atoms with Gasteiger partial charge in [-0.2, -0.15) is 13.2 Å². The molecule has 1 aromatic rings. The van der Waals surface area contributed by atoms with Crippen LogP contribution in [0.2, 0.25) is 0 Å². The molecule has 3 nitrogen and oxygen atoms in total. The van der Waals surface area contributed by atoms with Gasteiger partial charge in [-0.15, -0.1) is 0 Å². The van der Waals surface area contributed by atoms with E-state index >= 15 is 0 Å². The van der Waals surface area contributed by atoms with Crippen molar-refractivity contribution < 1.29 is 27.8 Å². The largest absolute Gasteiger partial charge is 0.419 e. The topological polar surface area (TPSA) is 53.4 Å². The third-order valence-corrected chi connectivity index (χ3v) is 5.64. The van der Waals surface area contributed by atoms with E-state index in [1.54, 1.807) is 6.92 Å². The molecule has 0 fully saturated rings. The third kappa shape index (κ3) is 5.63. The molecule has 172 valence electrons. The number of aromatic nitrogens is 1. The van der Waals surface area contributed by atoms with Gasteiger partial charge in [0.15, 0.2) is 0 Å². The van der Waals surface area contributed by atoms with Crippen molar-refractivity contribution >= 4 is 0 Å². The van der Waals surface area contributed by atoms with E-state index < -0.39 is 29.8 Å². The van der Waals surface area contributed by atoms with Crippen LogP contribution >= 0.6 is 0 Å². The summed E-state index contributed by atoms with van der Waals surface area (Å²) >= 11 is 0. The lowest BCUT2D eigenvalue weighted by Crippen LogP contribution is -2.29. The lowest BCUT2D eigenvalue weighted by molar-refractivity contribution is -0.0897. The first-order chi connectivity index (χ1) is 14.2. The molecule has 1 aliphatic carbocycles. The lowest BCUT2D eigenvalue weighted by atomic mass is 9.72. The van der Waals surface area contributed by atoms with Gasteiger partial charge in [-0.1, -0.05) is 46.4 Å². The van der Waals surface area contributed by atoms with Crippen LogP contribution in [0, 0.1) is 12.3 Å². The predicted octanol–water partition coefficient (Wildman–Crippen LogP) is 6.47. The monoisotopic (exact) mass is 441 g/mol. The van der Waals surface area contributed by atoms with Gasteiger partial charge in [-0.05, 0) is 49.2 Å². The lowest BCUT2D eigenvalue weighted by Gasteiger charge is -2.36. The Morgan fingerprint density at radius 2 is 1.94 bits per heavy atom. The van der Waals surface area contributed by atoms with Gasteiger partial charge in [0.05, 0.1) is 17.8 Å². The van der Waals surface area contributed by atoms with E-state index in [1.165, 1.54) is 0 Å². The Labute approximate surface area is 181 Å². The molecule has 0 amide bonds. The van der Waals surface area contributed by atoms with Crippen LogP contribution in [0.15, 0.2) is 36.2 Å².